The average Bonchev–Trinajstić information content (AvgIpc) is 2.69. The zero-order chi connectivity index (χ0) is 18.9. The number of hydrogen-bond donors (Lipinski definition) is 2. The summed E-state index contributed by atoms with van der Waals surface area (Å²) in [6.45, 7) is 3.68. The highest BCUT2D eigenvalue weighted by atomic mass is 16.5. The third-order valence-electron chi connectivity index (χ3n) is 4.01. The number of rotatable bonds is 10. The largest absolute Gasteiger partial charge is 0.496 e. The molecule has 2 rings (SSSR count). The first kappa shape index (κ1) is 19.6. The molecule has 0 aliphatic heterocycles. The Hall–Kier alpha value is -2.76. The van der Waals surface area contributed by atoms with E-state index in [0.717, 1.165) is 35.7 Å². The molecule has 2 aromatic rings. The summed E-state index contributed by atoms with van der Waals surface area (Å²) >= 11 is 0. The van der Waals surface area contributed by atoms with Crippen molar-refractivity contribution < 1.29 is 18.9 Å². The number of nitrogens with one attached hydrogen (secondary N) is 2. The van der Waals surface area contributed by atoms with Crippen LogP contribution in [-0.2, 0) is 6.54 Å². The highest BCUT2D eigenvalue weighted by Crippen LogP contribution is 2.40. The van der Waals surface area contributed by atoms with Gasteiger partial charge in [-0.25, -0.2) is 0 Å². The Labute approximate surface area is 155 Å². The first-order valence-electron chi connectivity index (χ1n) is 8.61. The van der Waals surface area contributed by atoms with Crippen LogP contribution in [0.4, 0.5) is 11.4 Å². The van der Waals surface area contributed by atoms with Crippen LogP contribution in [0.5, 0.6) is 23.0 Å². The molecule has 0 radical (unpaired) electrons. The van der Waals surface area contributed by atoms with Crippen LogP contribution >= 0.6 is 0 Å². The van der Waals surface area contributed by atoms with E-state index >= 15 is 0 Å². The highest BCUT2D eigenvalue weighted by Gasteiger charge is 2.13. The van der Waals surface area contributed by atoms with E-state index in [0.29, 0.717) is 23.8 Å². The van der Waals surface area contributed by atoms with E-state index in [1.165, 1.54) is 0 Å². The average molecular weight is 360 g/mol. The second-order valence-corrected chi connectivity index (χ2v) is 5.72. The van der Waals surface area contributed by atoms with Crippen molar-refractivity contribution in [2.45, 2.75) is 19.9 Å². The first-order chi connectivity index (χ1) is 12.7. The van der Waals surface area contributed by atoms with Crippen LogP contribution in [-0.4, -0.2) is 35.0 Å². The number of benzene rings is 2. The minimum absolute atomic E-state index is 0.573. The number of hydrogen-bond acceptors (Lipinski definition) is 6. The van der Waals surface area contributed by atoms with Crippen LogP contribution in [0.15, 0.2) is 30.3 Å². The quantitative estimate of drug-likeness (QED) is 0.664. The Bertz CT molecular complexity index is 694. The van der Waals surface area contributed by atoms with Gasteiger partial charge in [-0.1, -0.05) is 6.92 Å². The van der Waals surface area contributed by atoms with Gasteiger partial charge in [-0.05, 0) is 24.6 Å². The molecule has 0 saturated carbocycles. The van der Waals surface area contributed by atoms with E-state index in [1.807, 2.05) is 24.3 Å². The second kappa shape index (κ2) is 9.65. The van der Waals surface area contributed by atoms with E-state index in [9.17, 15) is 0 Å². The third kappa shape index (κ3) is 4.65. The van der Waals surface area contributed by atoms with E-state index in [2.05, 4.69) is 23.6 Å². The summed E-state index contributed by atoms with van der Waals surface area (Å²) in [5.74, 6) is 2.63. The molecule has 0 bridgehead atoms. The van der Waals surface area contributed by atoms with E-state index in [-0.39, 0.29) is 0 Å². The third-order valence-corrected chi connectivity index (χ3v) is 4.01. The molecular formula is C20H28N2O4. The molecule has 6 nitrogen and oxygen atoms in total. The Morgan fingerprint density at radius 2 is 1.38 bits per heavy atom. The molecule has 6 heteroatoms. The van der Waals surface area contributed by atoms with Gasteiger partial charge >= 0.3 is 0 Å². The maximum absolute atomic E-state index is 5.48. The minimum atomic E-state index is 0.573. The lowest BCUT2D eigenvalue weighted by molar-refractivity contribution is 0.324. The van der Waals surface area contributed by atoms with Gasteiger partial charge in [0.1, 0.15) is 5.75 Å². The van der Waals surface area contributed by atoms with Gasteiger partial charge in [-0.2, -0.15) is 0 Å². The van der Waals surface area contributed by atoms with Crippen molar-refractivity contribution in [1.29, 1.82) is 0 Å². The molecule has 0 aliphatic rings. The molecular weight excluding hydrogens is 332 g/mol. The lowest BCUT2D eigenvalue weighted by Crippen LogP contribution is -2.05. The summed E-state index contributed by atoms with van der Waals surface area (Å²) in [6, 6.07) is 9.86. The fourth-order valence-electron chi connectivity index (χ4n) is 2.68. The Morgan fingerprint density at radius 1 is 0.731 bits per heavy atom. The molecule has 2 aromatic carbocycles. The number of methoxy groups -OCH3 is 4. The molecule has 0 spiro atoms. The van der Waals surface area contributed by atoms with Crippen LogP contribution in [0, 0.1) is 0 Å². The number of anilines is 2. The lowest BCUT2D eigenvalue weighted by atomic mass is 10.1. The maximum Gasteiger partial charge on any atom is 0.203 e. The molecule has 0 unspecified atom stereocenters. The smallest absolute Gasteiger partial charge is 0.203 e. The second-order valence-electron chi connectivity index (χ2n) is 5.72. The lowest BCUT2D eigenvalue weighted by Gasteiger charge is -2.16. The molecule has 0 heterocycles. The van der Waals surface area contributed by atoms with Gasteiger partial charge < -0.3 is 29.6 Å². The molecule has 0 aliphatic carbocycles. The molecule has 142 valence electrons. The van der Waals surface area contributed by atoms with Crippen molar-refractivity contribution >= 4 is 11.4 Å². The summed E-state index contributed by atoms with van der Waals surface area (Å²) in [5.41, 5.74) is 3.00. The van der Waals surface area contributed by atoms with Crippen LogP contribution in [0.1, 0.15) is 18.9 Å². The number of ether oxygens (including phenoxy) is 4. The Balaban J connectivity index is 2.22. The topological polar surface area (TPSA) is 61.0 Å². The molecule has 0 amide bonds. The van der Waals surface area contributed by atoms with Crippen molar-refractivity contribution in [3.63, 3.8) is 0 Å². The molecule has 0 fully saturated rings. The monoisotopic (exact) mass is 360 g/mol. The van der Waals surface area contributed by atoms with Crippen molar-refractivity contribution in [3.05, 3.63) is 35.9 Å². The maximum atomic E-state index is 5.48. The summed E-state index contributed by atoms with van der Waals surface area (Å²) in [7, 11) is 6.48. The van der Waals surface area contributed by atoms with Gasteiger partial charge in [0.2, 0.25) is 5.75 Å². The van der Waals surface area contributed by atoms with Crippen molar-refractivity contribution in [2.24, 2.45) is 0 Å². The van der Waals surface area contributed by atoms with Gasteiger partial charge in [0.05, 0.1) is 28.4 Å². The van der Waals surface area contributed by atoms with Crippen LogP contribution in [0.3, 0.4) is 0 Å². The van der Waals surface area contributed by atoms with Gasteiger partial charge in [0.15, 0.2) is 11.5 Å². The SMILES string of the molecule is CCCNc1ccc(OC)c(CNc2cc(OC)c(OC)c(OC)c2)c1. The van der Waals surface area contributed by atoms with Gasteiger partial charge in [-0.3, -0.25) is 0 Å². The summed E-state index contributed by atoms with van der Waals surface area (Å²) < 4.78 is 21.6. The molecule has 26 heavy (non-hydrogen) atoms. The van der Waals surface area contributed by atoms with Crippen molar-refractivity contribution in [3.8, 4) is 23.0 Å². The van der Waals surface area contributed by atoms with Crippen LogP contribution in [0.2, 0.25) is 0 Å². The summed E-state index contributed by atoms with van der Waals surface area (Å²) in [5, 5.41) is 6.79. The molecule has 0 aromatic heterocycles. The molecule has 0 atom stereocenters. The normalized spacial score (nSPS) is 10.2. The predicted octanol–water partition coefficient (Wildman–Crippen LogP) is 4.16. The zero-order valence-electron chi connectivity index (χ0n) is 16.1. The zero-order valence-corrected chi connectivity index (χ0v) is 16.1. The Kier molecular flexibility index (Phi) is 7.26. The van der Waals surface area contributed by atoms with Crippen molar-refractivity contribution in [1.82, 2.24) is 0 Å². The van der Waals surface area contributed by atoms with Gasteiger partial charge in [0, 0.05) is 42.2 Å². The van der Waals surface area contributed by atoms with E-state index < -0.39 is 0 Å². The fraction of sp³-hybridized carbons (Fsp3) is 0.400. The Morgan fingerprint density at radius 3 is 1.92 bits per heavy atom. The molecule has 2 N–H and O–H groups in total. The predicted molar refractivity (Wildman–Crippen MR) is 105 cm³/mol. The van der Waals surface area contributed by atoms with Gasteiger partial charge in [-0.15, -0.1) is 0 Å². The highest BCUT2D eigenvalue weighted by molar-refractivity contribution is 5.63. The fourth-order valence-corrected chi connectivity index (χ4v) is 2.68. The van der Waals surface area contributed by atoms with Gasteiger partial charge in [0.25, 0.3) is 0 Å². The molecule has 0 saturated heterocycles. The summed E-state index contributed by atoms with van der Waals surface area (Å²) in [4.78, 5) is 0. The first-order valence-corrected chi connectivity index (χ1v) is 8.61. The van der Waals surface area contributed by atoms with E-state index in [1.54, 1.807) is 28.4 Å². The van der Waals surface area contributed by atoms with Crippen LogP contribution < -0.4 is 29.6 Å². The van der Waals surface area contributed by atoms with Crippen molar-refractivity contribution in [2.75, 3.05) is 45.6 Å². The summed E-state index contributed by atoms with van der Waals surface area (Å²) in [6.07, 6.45) is 1.07. The minimum Gasteiger partial charge on any atom is -0.496 e. The van der Waals surface area contributed by atoms with E-state index in [4.69, 9.17) is 18.9 Å². The standard InChI is InChI=1S/C20H28N2O4/c1-6-9-21-15-7-8-17(23-2)14(10-15)13-22-16-11-18(24-3)20(26-5)19(12-16)25-4/h7-8,10-12,21-22H,6,9,13H2,1-5H3. The van der Waals surface area contributed by atoms with Crippen LogP contribution in [0.25, 0.3) is 0 Å².